The number of phenolic OH excluding ortho intramolecular Hbond substituents is 1. The average molecular weight is 772 g/mol. The molecule has 236 valence electrons. The fraction of sp³-hybridized carbons (Fsp3) is 0.294. The summed E-state index contributed by atoms with van der Waals surface area (Å²) < 4.78 is 5.86. The number of alkyl halides is 2. The van der Waals surface area contributed by atoms with E-state index in [0.29, 0.717) is 20.4 Å². The van der Waals surface area contributed by atoms with Crippen molar-refractivity contribution in [3.63, 3.8) is 0 Å². The Kier molecular flexibility index (Phi) is 7.41. The maximum atomic E-state index is 14.3. The number of rotatable bonds is 5. The van der Waals surface area contributed by atoms with Crippen molar-refractivity contribution in [3.8, 4) is 11.5 Å². The van der Waals surface area contributed by atoms with Gasteiger partial charge in [0.15, 0.2) is 21.2 Å². The molecule has 0 aromatic heterocycles. The Labute approximate surface area is 288 Å². The van der Waals surface area contributed by atoms with Crippen molar-refractivity contribution in [1.82, 2.24) is 4.90 Å². The number of carbonyl (C=O) groups is 4. The number of fused-ring (bicyclic) bond motifs is 4. The number of allylic oxidation sites excluding steroid dienone is 2. The van der Waals surface area contributed by atoms with Crippen LogP contribution in [0.5, 0.6) is 11.5 Å². The second-order valence-electron chi connectivity index (χ2n) is 12.1. The van der Waals surface area contributed by atoms with Crippen molar-refractivity contribution in [2.45, 2.75) is 28.5 Å². The van der Waals surface area contributed by atoms with E-state index in [1.165, 1.54) is 19.1 Å². The number of phenols is 1. The molecule has 0 bridgehead atoms. The molecule has 46 heavy (non-hydrogen) atoms. The third-order valence-electron chi connectivity index (χ3n) is 9.81. The number of aromatic hydroxyl groups is 1. The minimum absolute atomic E-state index is 0.0826. The molecule has 7 rings (SSSR count). The summed E-state index contributed by atoms with van der Waals surface area (Å²) in [7, 11) is 2.75. The lowest BCUT2D eigenvalue weighted by Crippen LogP contribution is -2.60. The number of hydrogen-bond acceptors (Lipinski definition) is 7. The highest BCUT2D eigenvalue weighted by Gasteiger charge is 2.76. The molecule has 0 spiro atoms. The van der Waals surface area contributed by atoms with Gasteiger partial charge in [0.2, 0.25) is 11.8 Å². The molecule has 9 nitrogen and oxygen atoms in total. The first-order valence-corrected chi connectivity index (χ1v) is 16.5. The Balaban J connectivity index is 1.29. The average Bonchev–Trinajstić information content (AvgIpc) is 3.38. The standard InChI is InChI=1S/C34H28Cl2IN3O6/c1-39-31(44)33(35)16-23-21(27(34(33,36)32(39)45)17-14-24(37)28(41)25(15-17)46-2)12-13-22-26(23)30(43)40(29(22)42)20-10-8-19(9-11-20)38-18-6-4-3-5-7-18/h3-12,14-15,22-23,26-27,38,41H,13,16H2,1-2H3/t22-,23+,26-,27-,33+,34-/m0/s1. The molecule has 2 aliphatic carbocycles. The van der Waals surface area contributed by atoms with Gasteiger partial charge in [0.1, 0.15) is 0 Å². The van der Waals surface area contributed by atoms with E-state index >= 15 is 0 Å². The maximum absolute atomic E-state index is 14.3. The normalized spacial score (nSPS) is 30.2. The van der Waals surface area contributed by atoms with Gasteiger partial charge in [-0.25, -0.2) is 0 Å². The van der Waals surface area contributed by atoms with E-state index in [4.69, 9.17) is 27.9 Å². The van der Waals surface area contributed by atoms with Crippen molar-refractivity contribution in [1.29, 1.82) is 0 Å². The predicted octanol–water partition coefficient (Wildman–Crippen LogP) is 5.94. The number of ether oxygens (including phenoxy) is 1. The number of para-hydroxylation sites is 1. The van der Waals surface area contributed by atoms with E-state index in [2.05, 4.69) is 5.32 Å². The topological polar surface area (TPSA) is 116 Å². The summed E-state index contributed by atoms with van der Waals surface area (Å²) >= 11 is 16.5. The number of amides is 4. The molecule has 4 aliphatic rings. The number of methoxy groups -OCH3 is 1. The highest BCUT2D eigenvalue weighted by Crippen LogP contribution is 2.65. The van der Waals surface area contributed by atoms with Crippen LogP contribution in [0, 0.1) is 21.3 Å². The molecule has 0 radical (unpaired) electrons. The van der Waals surface area contributed by atoms with E-state index < -0.39 is 51.1 Å². The first-order valence-electron chi connectivity index (χ1n) is 14.7. The number of halogens is 3. The van der Waals surface area contributed by atoms with Gasteiger partial charge in [-0.15, -0.1) is 23.2 Å². The van der Waals surface area contributed by atoms with E-state index in [1.807, 2.05) is 59.0 Å². The lowest BCUT2D eigenvalue weighted by Gasteiger charge is -2.50. The van der Waals surface area contributed by atoms with Crippen molar-refractivity contribution < 1.29 is 29.0 Å². The van der Waals surface area contributed by atoms with Gasteiger partial charge in [0, 0.05) is 24.3 Å². The molecule has 3 fully saturated rings. The molecule has 2 saturated heterocycles. The van der Waals surface area contributed by atoms with E-state index in [1.54, 1.807) is 36.4 Å². The van der Waals surface area contributed by atoms with Gasteiger partial charge in [0.05, 0.1) is 28.2 Å². The molecule has 0 unspecified atom stereocenters. The molecule has 4 amide bonds. The van der Waals surface area contributed by atoms with Crippen LogP contribution in [0.25, 0.3) is 0 Å². The molecule has 6 atom stereocenters. The minimum Gasteiger partial charge on any atom is -0.504 e. The summed E-state index contributed by atoms with van der Waals surface area (Å²) in [6.07, 6.45) is 2.02. The Hall–Kier alpha value is -3.61. The molecular formula is C34H28Cl2IN3O6. The van der Waals surface area contributed by atoms with Crippen LogP contribution in [0.4, 0.5) is 17.1 Å². The van der Waals surface area contributed by atoms with Gasteiger partial charge in [-0.05, 0) is 95.4 Å². The molecule has 2 N–H and O–H groups in total. The van der Waals surface area contributed by atoms with Crippen LogP contribution in [0.3, 0.4) is 0 Å². The van der Waals surface area contributed by atoms with Crippen LogP contribution in [-0.2, 0) is 19.2 Å². The zero-order chi connectivity index (χ0) is 32.7. The maximum Gasteiger partial charge on any atom is 0.253 e. The molecular weight excluding hydrogens is 744 g/mol. The highest BCUT2D eigenvalue weighted by atomic mass is 127. The van der Waals surface area contributed by atoms with Gasteiger partial charge in [-0.1, -0.05) is 29.8 Å². The lowest BCUT2D eigenvalue weighted by molar-refractivity contribution is -0.138. The van der Waals surface area contributed by atoms with Gasteiger partial charge in [-0.3, -0.25) is 29.0 Å². The van der Waals surface area contributed by atoms with Gasteiger partial charge < -0.3 is 15.2 Å². The quantitative estimate of drug-likeness (QED) is 0.143. The lowest BCUT2D eigenvalue weighted by atomic mass is 9.56. The second kappa shape index (κ2) is 11.0. The first kappa shape index (κ1) is 31.0. The van der Waals surface area contributed by atoms with Crippen LogP contribution < -0.4 is 15.0 Å². The van der Waals surface area contributed by atoms with E-state index in [-0.39, 0.29) is 30.2 Å². The summed E-state index contributed by atoms with van der Waals surface area (Å²) in [6.45, 7) is 0. The van der Waals surface area contributed by atoms with Crippen molar-refractivity contribution >= 4 is 86.5 Å². The number of benzene rings is 3. The summed E-state index contributed by atoms with van der Waals surface area (Å²) in [5.74, 6) is -5.05. The number of hydrogen-bond donors (Lipinski definition) is 2. The summed E-state index contributed by atoms with van der Waals surface area (Å²) in [5, 5.41) is 13.9. The van der Waals surface area contributed by atoms with Crippen molar-refractivity contribution in [3.05, 3.63) is 87.5 Å². The fourth-order valence-electron chi connectivity index (χ4n) is 7.67. The molecule has 2 aliphatic heterocycles. The number of carbonyl (C=O) groups excluding carboxylic acids is 4. The molecule has 12 heteroatoms. The predicted molar refractivity (Wildman–Crippen MR) is 182 cm³/mol. The highest BCUT2D eigenvalue weighted by molar-refractivity contribution is 14.1. The van der Waals surface area contributed by atoms with Crippen LogP contribution in [0.15, 0.2) is 78.4 Å². The van der Waals surface area contributed by atoms with Gasteiger partial charge in [0.25, 0.3) is 11.8 Å². The van der Waals surface area contributed by atoms with Crippen LogP contribution in [0.1, 0.15) is 24.3 Å². The fourth-order valence-corrected chi connectivity index (χ4v) is 9.32. The van der Waals surface area contributed by atoms with Gasteiger partial charge >= 0.3 is 0 Å². The Bertz CT molecular complexity index is 1850. The largest absolute Gasteiger partial charge is 0.504 e. The number of anilines is 3. The van der Waals surface area contributed by atoms with Crippen molar-refractivity contribution in [2.75, 3.05) is 24.4 Å². The Morgan fingerprint density at radius 2 is 1.61 bits per heavy atom. The second-order valence-corrected chi connectivity index (χ2v) is 14.5. The Morgan fingerprint density at radius 3 is 2.28 bits per heavy atom. The molecule has 3 aromatic rings. The smallest absolute Gasteiger partial charge is 0.253 e. The van der Waals surface area contributed by atoms with Crippen LogP contribution >= 0.6 is 45.8 Å². The third-order valence-corrected chi connectivity index (χ3v) is 12.0. The summed E-state index contributed by atoms with van der Waals surface area (Å²) in [4.78, 5) is 54.0. The third kappa shape index (κ3) is 4.25. The Morgan fingerprint density at radius 1 is 0.935 bits per heavy atom. The number of imide groups is 2. The summed E-state index contributed by atoms with van der Waals surface area (Å²) in [5.41, 5.74) is 3.30. The zero-order valence-corrected chi connectivity index (χ0v) is 28.3. The minimum atomic E-state index is -1.92. The van der Waals surface area contributed by atoms with E-state index in [9.17, 15) is 24.3 Å². The van der Waals surface area contributed by atoms with Crippen LogP contribution in [-0.4, -0.2) is 57.5 Å². The van der Waals surface area contributed by atoms with Crippen molar-refractivity contribution in [2.24, 2.45) is 17.8 Å². The number of nitrogens with one attached hydrogen (secondary N) is 1. The van der Waals surface area contributed by atoms with E-state index in [0.717, 1.165) is 16.3 Å². The number of likely N-dealkylation sites (tertiary alicyclic amines) is 1. The van der Waals surface area contributed by atoms with Gasteiger partial charge in [-0.2, -0.15) is 0 Å². The number of nitrogens with zero attached hydrogens (tertiary/aromatic N) is 2. The van der Waals surface area contributed by atoms with Crippen LogP contribution in [0.2, 0.25) is 0 Å². The summed E-state index contributed by atoms with van der Waals surface area (Å²) in [6, 6.07) is 19.9. The molecule has 1 saturated carbocycles. The molecule has 2 heterocycles. The first-order chi connectivity index (χ1) is 21.9. The zero-order valence-electron chi connectivity index (χ0n) is 24.7. The SMILES string of the molecule is COc1cc([C@H]2C3=CC[C@@H]4C(=O)N(c5ccc(Nc6ccccc6)cc5)C(=O)[C@@H]4[C@@H]3C[C@@]3(Cl)C(=O)N(C)C(=O)[C@@]23Cl)cc(I)c1O. The molecule has 3 aromatic carbocycles. The monoisotopic (exact) mass is 771 g/mol.